The Hall–Kier alpha value is 0.400. The second-order valence-electron chi connectivity index (χ2n) is 3.72. The molecule has 1 saturated heterocycles. The zero-order valence-electron chi connectivity index (χ0n) is 8.47. The molecular weight excluding hydrogens is 230 g/mol. The molecule has 1 rings (SSSR count). The first-order chi connectivity index (χ1) is 6.36. The molecule has 0 amide bonds. The lowest BCUT2D eigenvalue weighted by atomic mass is 10.1. The summed E-state index contributed by atoms with van der Waals surface area (Å²) in [6.07, 6.45) is 2.63. The van der Waals surface area contributed by atoms with E-state index >= 15 is 0 Å². The van der Waals surface area contributed by atoms with Crippen molar-refractivity contribution in [1.82, 2.24) is 4.90 Å². The molecule has 0 N–H and O–H groups in total. The predicted octanol–water partition coefficient (Wildman–Crippen LogP) is 2.13. The van der Waals surface area contributed by atoms with Gasteiger partial charge in [-0.25, -0.2) is 0 Å². The van der Waals surface area contributed by atoms with Gasteiger partial charge in [-0.2, -0.15) is 0 Å². The largest absolute Gasteiger partial charge is 0.379 e. The summed E-state index contributed by atoms with van der Waals surface area (Å²) >= 11 is 3.59. The fraction of sp³-hybridized carbons (Fsp3) is 1.00. The number of rotatable bonds is 5. The van der Waals surface area contributed by atoms with Crippen LogP contribution in [0.1, 0.15) is 19.8 Å². The van der Waals surface area contributed by atoms with E-state index in [-0.39, 0.29) is 0 Å². The van der Waals surface area contributed by atoms with Crippen molar-refractivity contribution >= 4 is 15.9 Å². The molecule has 1 atom stereocenters. The molecule has 0 bridgehead atoms. The molecule has 1 aliphatic heterocycles. The Morgan fingerprint density at radius 3 is 2.62 bits per heavy atom. The van der Waals surface area contributed by atoms with Crippen LogP contribution in [0.3, 0.4) is 0 Å². The van der Waals surface area contributed by atoms with Crippen molar-refractivity contribution in [3.05, 3.63) is 0 Å². The van der Waals surface area contributed by atoms with Crippen LogP contribution in [0.5, 0.6) is 0 Å². The maximum absolute atomic E-state index is 5.32. The average Bonchev–Trinajstić information content (AvgIpc) is 2.19. The van der Waals surface area contributed by atoms with E-state index in [2.05, 4.69) is 27.8 Å². The molecule has 1 aliphatic rings. The molecule has 0 aromatic carbocycles. The Morgan fingerprint density at radius 2 is 2.08 bits per heavy atom. The van der Waals surface area contributed by atoms with Gasteiger partial charge in [0.05, 0.1) is 13.2 Å². The Bertz CT molecular complexity index is 123. The first kappa shape index (κ1) is 11.5. The molecule has 0 aromatic rings. The van der Waals surface area contributed by atoms with Crippen molar-refractivity contribution in [3.63, 3.8) is 0 Å². The zero-order chi connectivity index (χ0) is 9.52. The fourth-order valence-electron chi connectivity index (χ4n) is 1.77. The molecule has 1 fully saturated rings. The molecule has 3 heteroatoms. The monoisotopic (exact) mass is 249 g/mol. The smallest absolute Gasteiger partial charge is 0.0594 e. The molecule has 0 aromatic heterocycles. The third kappa shape index (κ3) is 4.43. The summed E-state index contributed by atoms with van der Waals surface area (Å²) in [6, 6.07) is 0. The summed E-state index contributed by atoms with van der Waals surface area (Å²) in [7, 11) is 0. The van der Waals surface area contributed by atoms with Gasteiger partial charge in [0.15, 0.2) is 0 Å². The number of hydrogen-bond donors (Lipinski definition) is 0. The summed E-state index contributed by atoms with van der Waals surface area (Å²) in [6.45, 7) is 7.57. The highest BCUT2D eigenvalue weighted by molar-refractivity contribution is 9.09. The molecule has 1 unspecified atom stereocenters. The second kappa shape index (κ2) is 6.80. The van der Waals surface area contributed by atoms with E-state index in [9.17, 15) is 0 Å². The van der Waals surface area contributed by atoms with Crippen LogP contribution in [0.2, 0.25) is 0 Å². The second-order valence-corrected chi connectivity index (χ2v) is 4.37. The van der Waals surface area contributed by atoms with Gasteiger partial charge in [0.2, 0.25) is 0 Å². The number of alkyl halides is 1. The minimum absolute atomic E-state index is 0.822. The van der Waals surface area contributed by atoms with Crippen LogP contribution >= 0.6 is 15.9 Å². The van der Waals surface area contributed by atoms with Gasteiger partial charge in [-0.3, -0.25) is 4.90 Å². The van der Waals surface area contributed by atoms with Crippen molar-refractivity contribution in [2.75, 3.05) is 38.2 Å². The quantitative estimate of drug-likeness (QED) is 0.693. The Morgan fingerprint density at radius 1 is 1.38 bits per heavy atom. The van der Waals surface area contributed by atoms with E-state index < -0.39 is 0 Å². The van der Waals surface area contributed by atoms with Crippen molar-refractivity contribution < 1.29 is 4.74 Å². The summed E-state index contributed by atoms with van der Waals surface area (Å²) in [5.74, 6) is 0.822. The maximum Gasteiger partial charge on any atom is 0.0594 e. The summed E-state index contributed by atoms with van der Waals surface area (Å²) in [5, 5.41) is 1.14. The SMILES string of the molecule is CCCC(CBr)CN1CCOCC1. The zero-order valence-corrected chi connectivity index (χ0v) is 10.1. The van der Waals surface area contributed by atoms with Crippen LogP contribution in [-0.2, 0) is 4.74 Å². The summed E-state index contributed by atoms with van der Waals surface area (Å²) in [5.41, 5.74) is 0. The molecule has 2 nitrogen and oxygen atoms in total. The predicted molar refractivity (Wildman–Crippen MR) is 59.5 cm³/mol. The lowest BCUT2D eigenvalue weighted by Crippen LogP contribution is -2.39. The van der Waals surface area contributed by atoms with Crippen molar-refractivity contribution in [1.29, 1.82) is 0 Å². The van der Waals surface area contributed by atoms with Gasteiger partial charge in [0, 0.05) is 25.0 Å². The lowest BCUT2D eigenvalue weighted by Gasteiger charge is -2.29. The topological polar surface area (TPSA) is 12.5 Å². The number of nitrogens with zero attached hydrogens (tertiary/aromatic N) is 1. The van der Waals surface area contributed by atoms with Crippen molar-refractivity contribution in [2.24, 2.45) is 5.92 Å². The van der Waals surface area contributed by atoms with Crippen LogP contribution in [0.4, 0.5) is 0 Å². The molecule has 0 spiro atoms. The highest BCUT2D eigenvalue weighted by atomic mass is 79.9. The lowest BCUT2D eigenvalue weighted by molar-refractivity contribution is 0.0316. The third-order valence-electron chi connectivity index (χ3n) is 2.54. The first-order valence-corrected chi connectivity index (χ1v) is 6.35. The van der Waals surface area contributed by atoms with E-state index in [4.69, 9.17) is 4.74 Å². The summed E-state index contributed by atoms with van der Waals surface area (Å²) < 4.78 is 5.32. The highest BCUT2D eigenvalue weighted by Crippen LogP contribution is 2.12. The highest BCUT2D eigenvalue weighted by Gasteiger charge is 2.14. The van der Waals surface area contributed by atoms with Crippen molar-refractivity contribution in [2.45, 2.75) is 19.8 Å². The van der Waals surface area contributed by atoms with E-state index in [0.29, 0.717) is 0 Å². The Balaban J connectivity index is 2.18. The van der Waals surface area contributed by atoms with E-state index in [1.54, 1.807) is 0 Å². The minimum atomic E-state index is 0.822. The number of morpholine rings is 1. The van der Waals surface area contributed by atoms with Crippen LogP contribution in [0.15, 0.2) is 0 Å². The van der Waals surface area contributed by atoms with E-state index in [1.807, 2.05) is 0 Å². The standard InChI is InChI=1S/C10H20BrNO/c1-2-3-10(8-11)9-12-4-6-13-7-5-12/h10H,2-9H2,1H3. The van der Waals surface area contributed by atoms with Gasteiger partial charge in [-0.05, 0) is 12.3 Å². The van der Waals surface area contributed by atoms with E-state index in [1.165, 1.54) is 19.4 Å². The maximum atomic E-state index is 5.32. The fourth-order valence-corrected chi connectivity index (χ4v) is 2.30. The number of hydrogen-bond acceptors (Lipinski definition) is 2. The van der Waals surface area contributed by atoms with Gasteiger partial charge in [0.25, 0.3) is 0 Å². The van der Waals surface area contributed by atoms with Gasteiger partial charge in [-0.15, -0.1) is 0 Å². The van der Waals surface area contributed by atoms with Gasteiger partial charge in [-0.1, -0.05) is 29.3 Å². The van der Waals surface area contributed by atoms with E-state index in [0.717, 1.165) is 37.6 Å². The minimum Gasteiger partial charge on any atom is -0.379 e. The summed E-state index contributed by atoms with van der Waals surface area (Å²) in [4.78, 5) is 2.52. The van der Waals surface area contributed by atoms with Crippen LogP contribution in [0.25, 0.3) is 0 Å². The molecule has 0 saturated carbocycles. The van der Waals surface area contributed by atoms with Crippen LogP contribution < -0.4 is 0 Å². The Labute approximate surface area is 89.8 Å². The van der Waals surface area contributed by atoms with Crippen LogP contribution in [0, 0.1) is 5.92 Å². The number of ether oxygens (including phenoxy) is 1. The van der Waals surface area contributed by atoms with Crippen LogP contribution in [-0.4, -0.2) is 43.1 Å². The van der Waals surface area contributed by atoms with Gasteiger partial charge < -0.3 is 4.74 Å². The third-order valence-corrected chi connectivity index (χ3v) is 3.45. The molecule has 13 heavy (non-hydrogen) atoms. The normalized spacial score (nSPS) is 21.7. The molecular formula is C10H20BrNO. The van der Waals surface area contributed by atoms with Crippen molar-refractivity contribution in [3.8, 4) is 0 Å². The molecule has 1 heterocycles. The average molecular weight is 250 g/mol. The first-order valence-electron chi connectivity index (χ1n) is 5.23. The molecule has 78 valence electrons. The van der Waals surface area contributed by atoms with Gasteiger partial charge in [0.1, 0.15) is 0 Å². The Kier molecular flexibility index (Phi) is 6.00. The molecule has 0 radical (unpaired) electrons. The number of halogens is 1. The van der Waals surface area contributed by atoms with Gasteiger partial charge >= 0.3 is 0 Å². The molecule has 0 aliphatic carbocycles.